The normalized spacial score (nSPS) is 15.5. The molecule has 1 aliphatic heterocycles. The SMILES string of the molecule is COCCNC(=O)C1CCN(C(=O)c2ccc(F)cc2F)CC1. The van der Waals surface area contributed by atoms with Gasteiger partial charge in [0.05, 0.1) is 12.2 Å². The maximum absolute atomic E-state index is 13.7. The van der Waals surface area contributed by atoms with E-state index in [-0.39, 0.29) is 17.4 Å². The molecule has 1 aromatic rings. The number of halogens is 2. The lowest BCUT2D eigenvalue weighted by Crippen LogP contribution is -2.43. The van der Waals surface area contributed by atoms with Crippen molar-refractivity contribution in [1.29, 1.82) is 0 Å². The molecular formula is C16H20F2N2O3. The van der Waals surface area contributed by atoms with Gasteiger partial charge in [0.2, 0.25) is 5.91 Å². The zero-order valence-corrected chi connectivity index (χ0v) is 13.0. The molecule has 23 heavy (non-hydrogen) atoms. The van der Waals surface area contributed by atoms with E-state index >= 15 is 0 Å². The van der Waals surface area contributed by atoms with Gasteiger partial charge in [-0.15, -0.1) is 0 Å². The summed E-state index contributed by atoms with van der Waals surface area (Å²) in [6, 6.07) is 2.91. The van der Waals surface area contributed by atoms with Crippen molar-refractivity contribution in [3.63, 3.8) is 0 Å². The number of hydrogen-bond acceptors (Lipinski definition) is 3. The number of amides is 2. The van der Waals surface area contributed by atoms with Gasteiger partial charge in [-0.3, -0.25) is 9.59 Å². The highest BCUT2D eigenvalue weighted by molar-refractivity contribution is 5.94. The number of hydrogen-bond donors (Lipinski definition) is 1. The van der Waals surface area contributed by atoms with Gasteiger partial charge < -0.3 is 15.0 Å². The van der Waals surface area contributed by atoms with Gasteiger partial charge in [0.1, 0.15) is 11.6 Å². The molecule has 1 saturated heterocycles. The van der Waals surface area contributed by atoms with Crippen molar-refractivity contribution in [3.8, 4) is 0 Å². The maximum atomic E-state index is 13.7. The number of carbonyl (C=O) groups is 2. The second-order valence-corrected chi connectivity index (χ2v) is 5.47. The first kappa shape index (κ1) is 17.3. The van der Waals surface area contributed by atoms with E-state index in [0.717, 1.165) is 12.1 Å². The van der Waals surface area contributed by atoms with E-state index in [1.54, 1.807) is 7.11 Å². The molecule has 1 aromatic carbocycles. The van der Waals surface area contributed by atoms with Crippen LogP contribution in [0.1, 0.15) is 23.2 Å². The Bertz CT molecular complexity index is 572. The van der Waals surface area contributed by atoms with E-state index in [9.17, 15) is 18.4 Å². The Kier molecular flexibility index (Phi) is 6.04. The molecule has 2 amide bonds. The fourth-order valence-electron chi connectivity index (χ4n) is 2.60. The molecular weight excluding hydrogens is 306 g/mol. The lowest BCUT2D eigenvalue weighted by Gasteiger charge is -2.31. The summed E-state index contributed by atoms with van der Waals surface area (Å²) in [5.41, 5.74) is -0.144. The zero-order valence-electron chi connectivity index (χ0n) is 13.0. The molecule has 0 atom stereocenters. The number of piperidine rings is 1. The number of nitrogens with one attached hydrogen (secondary N) is 1. The topological polar surface area (TPSA) is 58.6 Å². The van der Waals surface area contributed by atoms with Crippen LogP contribution < -0.4 is 5.32 Å². The second-order valence-electron chi connectivity index (χ2n) is 5.47. The molecule has 1 fully saturated rings. The monoisotopic (exact) mass is 326 g/mol. The second kappa shape index (κ2) is 8.01. The first-order valence-electron chi connectivity index (χ1n) is 7.54. The van der Waals surface area contributed by atoms with E-state index in [0.29, 0.717) is 45.1 Å². The van der Waals surface area contributed by atoms with Crippen LogP contribution in [0.3, 0.4) is 0 Å². The molecule has 0 aromatic heterocycles. The number of carbonyl (C=O) groups excluding carboxylic acids is 2. The first-order valence-corrected chi connectivity index (χ1v) is 7.54. The quantitative estimate of drug-likeness (QED) is 0.836. The van der Waals surface area contributed by atoms with E-state index < -0.39 is 17.5 Å². The molecule has 2 rings (SSSR count). The van der Waals surface area contributed by atoms with Crippen LogP contribution in [0.25, 0.3) is 0 Å². The molecule has 0 saturated carbocycles. The lowest BCUT2D eigenvalue weighted by molar-refractivity contribution is -0.126. The van der Waals surface area contributed by atoms with Crippen LogP contribution in [0.15, 0.2) is 18.2 Å². The summed E-state index contributed by atoms with van der Waals surface area (Å²) in [5, 5.41) is 2.78. The summed E-state index contributed by atoms with van der Waals surface area (Å²) < 4.78 is 31.4. The summed E-state index contributed by atoms with van der Waals surface area (Å²) in [6.07, 6.45) is 1.04. The Morgan fingerprint density at radius 2 is 2.00 bits per heavy atom. The van der Waals surface area contributed by atoms with Crippen molar-refractivity contribution in [2.24, 2.45) is 5.92 Å². The highest BCUT2D eigenvalue weighted by Crippen LogP contribution is 2.20. The van der Waals surface area contributed by atoms with E-state index in [1.165, 1.54) is 4.90 Å². The van der Waals surface area contributed by atoms with Gasteiger partial charge in [-0.1, -0.05) is 0 Å². The number of nitrogens with zero attached hydrogens (tertiary/aromatic N) is 1. The van der Waals surface area contributed by atoms with Gasteiger partial charge in [0, 0.05) is 38.7 Å². The number of benzene rings is 1. The van der Waals surface area contributed by atoms with Crippen molar-refractivity contribution in [2.75, 3.05) is 33.4 Å². The fraction of sp³-hybridized carbons (Fsp3) is 0.500. The van der Waals surface area contributed by atoms with Crippen molar-refractivity contribution in [3.05, 3.63) is 35.4 Å². The van der Waals surface area contributed by atoms with Crippen LogP contribution in [-0.2, 0) is 9.53 Å². The smallest absolute Gasteiger partial charge is 0.256 e. The van der Waals surface area contributed by atoms with Crippen molar-refractivity contribution >= 4 is 11.8 Å². The summed E-state index contributed by atoms with van der Waals surface area (Å²) in [6.45, 7) is 1.65. The molecule has 126 valence electrons. The van der Waals surface area contributed by atoms with E-state index in [4.69, 9.17) is 4.74 Å². The molecule has 5 nitrogen and oxygen atoms in total. The number of ether oxygens (including phenoxy) is 1. The van der Waals surface area contributed by atoms with Crippen LogP contribution in [0.2, 0.25) is 0 Å². The molecule has 0 unspecified atom stereocenters. The molecule has 0 radical (unpaired) electrons. The zero-order chi connectivity index (χ0) is 16.8. The Hall–Kier alpha value is -2.02. The molecule has 0 aliphatic carbocycles. The molecule has 1 N–H and O–H groups in total. The summed E-state index contributed by atoms with van der Waals surface area (Å²) in [4.78, 5) is 25.7. The van der Waals surface area contributed by atoms with Crippen LogP contribution >= 0.6 is 0 Å². The molecule has 7 heteroatoms. The van der Waals surface area contributed by atoms with Crippen LogP contribution in [0.5, 0.6) is 0 Å². The third-order valence-corrected chi connectivity index (χ3v) is 3.92. The third-order valence-electron chi connectivity index (χ3n) is 3.92. The summed E-state index contributed by atoms with van der Waals surface area (Å²) >= 11 is 0. The van der Waals surface area contributed by atoms with E-state index in [2.05, 4.69) is 5.32 Å². The molecule has 1 heterocycles. The van der Waals surface area contributed by atoms with Crippen LogP contribution in [0, 0.1) is 17.6 Å². The predicted octanol–water partition coefficient (Wildman–Crippen LogP) is 1.58. The van der Waals surface area contributed by atoms with Crippen molar-refractivity contribution in [1.82, 2.24) is 10.2 Å². The van der Waals surface area contributed by atoms with Crippen molar-refractivity contribution in [2.45, 2.75) is 12.8 Å². The minimum Gasteiger partial charge on any atom is -0.383 e. The molecule has 0 spiro atoms. The highest BCUT2D eigenvalue weighted by Gasteiger charge is 2.28. The Labute approximate surface area is 133 Å². The lowest BCUT2D eigenvalue weighted by atomic mass is 9.95. The molecule has 1 aliphatic rings. The minimum atomic E-state index is -0.866. The predicted molar refractivity (Wildman–Crippen MR) is 79.9 cm³/mol. The maximum Gasteiger partial charge on any atom is 0.256 e. The van der Waals surface area contributed by atoms with Crippen molar-refractivity contribution < 1.29 is 23.1 Å². The van der Waals surface area contributed by atoms with Crippen LogP contribution in [-0.4, -0.2) is 50.1 Å². The highest BCUT2D eigenvalue weighted by atomic mass is 19.1. The van der Waals surface area contributed by atoms with Gasteiger partial charge in [0.15, 0.2) is 0 Å². The average molecular weight is 326 g/mol. The van der Waals surface area contributed by atoms with Crippen LogP contribution in [0.4, 0.5) is 8.78 Å². The molecule has 0 bridgehead atoms. The van der Waals surface area contributed by atoms with Gasteiger partial charge in [-0.05, 0) is 25.0 Å². The van der Waals surface area contributed by atoms with Gasteiger partial charge in [-0.2, -0.15) is 0 Å². The average Bonchev–Trinajstić information content (AvgIpc) is 2.54. The number of rotatable bonds is 5. The number of likely N-dealkylation sites (tertiary alicyclic amines) is 1. The van der Waals surface area contributed by atoms with Gasteiger partial charge >= 0.3 is 0 Å². The first-order chi connectivity index (χ1) is 11.0. The number of methoxy groups -OCH3 is 1. The third kappa shape index (κ3) is 4.48. The summed E-state index contributed by atoms with van der Waals surface area (Å²) in [7, 11) is 1.56. The summed E-state index contributed by atoms with van der Waals surface area (Å²) in [5.74, 6) is -2.27. The largest absolute Gasteiger partial charge is 0.383 e. The Morgan fingerprint density at radius 3 is 2.61 bits per heavy atom. The standard InChI is InChI=1S/C16H20F2N2O3/c1-23-9-6-19-15(21)11-4-7-20(8-5-11)16(22)13-3-2-12(17)10-14(13)18/h2-3,10-11H,4-9H2,1H3,(H,19,21). The fourth-order valence-corrected chi connectivity index (χ4v) is 2.60. The van der Waals surface area contributed by atoms with Gasteiger partial charge in [0.25, 0.3) is 5.91 Å². The van der Waals surface area contributed by atoms with E-state index in [1.807, 2.05) is 0 Å². The van der Waals surface area contributed by atoms with Gasteiger partial charge in [-0.25, -0.2) is 8.78 Å². The minimum absolute atomic E-state index is 0.0536. The Balaban J connectivity index is 1.88. The Morgan fingerprint density at radius 1 is 1.30 bits per heavy atom.